The molecule has 0 atom stereocenters. The zero-order valence-corrected chi connectivity index (χ0v) is 9.09. The first-order valence-corrected chi connectivity index (χ1v) is 5.09. The lowest BCUT2D eigenvalue weighted by atomic mass is 10.1. The maximum Gasteiger partial charge on any atom is 0.345 e. The number of nitrogen functional groups attached to an aromatic ring is 2. The van der Waals surface area contributed by atoms with Crippen LogP contribution in [0.4, 0.5) is 11.4 Å². The van der Waals surface area contributed by atoms with E-state index >= 15 is 0 Å². The number of hydrogen-bond acceptors (Lipinski definition) is 4. The fraction of sp³-hybridized carbons (Fsp3) is 0. The van der Waals surface area contributed by atoms with E-state index < -0.39 is 5.97 Å². The third-order valence-corrected chi connectivity index (χ3v) is 2.25. The molecule has 0 aromatic heterocycles. The number of rotatable bonds is 2. The number of hydrogen-bond donors (Lipinski definition) is 2. The monoisotopic (exact) mass is 228 g/mol. The molecule has 0 bridgehead atoms. The van der Waals surface area contributed by atoms with E-state index in [9.17, 15) is 4.79 Å². The van der Waals surface area contributed by atoms with Crippen LogP contribution in [0.15, 0.2) is 48.5 Å². The molecule has 2 aromatic carbocycles. The molecule has 0 spiro atoms. The van der Waals surface area contributed by atoms with Crippen molar-refractivity contribution in [1.82, 2.24) is 0 Å². The smallest absolute Gasteiger partial charge is 0.345 e. The molecule has 0 aliphatic heterocycles. The van der Waals surface area contributed by atoms with Crippen molar-refractivity contribution < 1.29 is 9.53 Å². The summed E-state index contributed by atoms with van der Waals surface area (Å²) < 4.78 is 5.16. The summed E-state index contributed by atoms with van der Waals surface area (Å²) in [5, 5.41) is 0. The van der Waals surface area contributed by atoms with Gasteiger partial charge in [0.2, 0.25) is 0 Å². The Labute approximate surface area is 98.8 Å². The third-order valence-electron chi connectivity index (χ3n) is 2.25. The Morgan fingerprint density at radius 3 is 2.41 bits per heavy atom. The summed E-state index contributed by atoms with van der Waals surface area (Å²) in [4.78, 5) is 11.8. The second-order valence-electron chi connectivity index (χ2n) is 3.55. The number of para-hydroxylation sites is 1. The molecule has 0 fully saturated rings. The Bertz CT molecular complexity index is 538. The van der Waals surface area contributed by atoms with Crippen LogP contribution in [-0.4, -0.2) is 5.97 Å². The van der Waals surface area contributed by atoms with Gasteiger partial charge in [0.25, 0.3) is 0 Å². The summed E-state index contributed by atoms with van der Waals surface area (Å²) in [6.07, 6.45) is 0. The molecule has 17 heavy (non-hydrogen) atoms. The van der Waals surface area contributed by atoms with E-state index in [1.165, 1.54) is 6.07 Å². The molecule has 4 N–H and O–H groups in total. The van der Waals surface area contributed by atoms with Crippen LogP contribution in [0.3, 0.4) is 0 Å². The molecule has 4 heteroatoms. The molecule has 0 radical (unpaired) electrons. The van der Waals surface area contributed by atoms with E-state index in [1.807, 2.05) is 6.07 Å². The van der Waals surface area contributed by atoms with Crippen molar-refractivity contribution >= 4 is 17.3 Å². The molecule has 0 aliphatic carbocycles. The predicted octanol–water partition coefficient (Wildman–Crippen LogP) is 2.07. The van der Waals surface area contributed by atoms with Gasteiger partial charge in [0.05, 0.1) is 5.56 Å². The molecule has 0 unspecified atom stereocenters. The maximum absolute atomic E-state index is 11.8. The largest absolute Gasteiger partial charge is 0.423 e. The van der Waals surface area contributed by atoms with Gasteiger partial charge in [0, 0.05) is 11.4 Å². The zero-order valence-electron chi connectivity index (χ0n) is 9.09. The molecular weight excluding hydrogens is 216 g/mol. The van der Waals surface area contributed by atoms with Crippen LogP contribution in [-0.2, 0) is 0 Å². The molecule has 0 heterocycles. The highest BCUT2D eigenvalue weighted by atomic mass is 16.5. The van der Waals surface area contributed by atoms with Crippen LogP contribution in [0.25, 0.3) is 0 Å². The van der Waals surface area contributed by atoms with Crippen molar-refractivity contribution in [3.8, 4) is 5.75 Å². The van der Waals surface area contributed by atoms with E-state index in [-0.39, 0.29) is 5.56 Å². The number of esters is 1. The van der Waals surface area contributed by atoms with Gasteiger partial charge in [-0.25, -0.2) is 4.79 Å². The summed E-state index contributed by atoms with van der Waals surface area (Å²) in [5.41, 5.74) is 12.4. The summed E-state index contributed by atoms with van der Waals surface area (Å²) in [6, 6.07) is 13.5. The normalized spacial score (nSPS) is 9.88. The van der Waals surface area contributed by atoms with Crippen LogP contribution in [0, 0.1) is 0 Å². The van der Waals surface area contributed by atoms with Gasteiger partial charge >= 0.3 is 5.97 Å². The van der Waals surface area contributed by atoms with Crippen LogP contribution < -0.4 is 16.2 Å². The summed E-state index contributed by atoms with van der Waals surface area (Å²) in [6.45, 7) is 0. The number of benzene rings is 2. The minimum absolute atomic E-state index is 0.272. The quantitative estimate of drug-likeness (QED) is 0.468. The van der Waals surface area contributed by atoms with Gasteiger partial charge in [0.1, 0.15) is 5.75 Å². The van der Waals surface area contributed by atoms with Gasteiger partial charge in [-0.3, -0.25) is 0 Å². The van der Waals surface area contributed by atoms with Crippen LogP contribution in [0.5, 0.6) is 5.75 Å². The number of carbonyl (C=O) groups excluding carboxylic acids is 1. The minimum atomic E-state index is -0.513. The average molecular weight is 228 g/mol. The van der Waals surface area contributed by atoms with E-state index in [0.717, 1.165) is 0 Å². The van der Waals surface area contributed by atoms with E-state index in [4.69, 9.17) is 16.2 Å². The molecule has 4 nitrogen and oxygen atoms in total. The first-order valence-electron chi connectivity index (χ1n) is 5.09. The molecule has 2 aromatic rings. The van der Waals surface area contributed by atoms with Crippen molar-refractivity contribution in [3.63, 3.8) is 0 Å². The molecule has 0 amide bonds. The minimum Gasteiger partial charge on any atom is -0.423 e. The summed E-state index contributed by atoms with van der Waals surface area (Å²) in [7, 11) is 0. The topological polar surface area (TPSA) is 78.3 Å². The number of anilines is 2. The second kappa shape index (κ2) is 4.57. The molecule has 86 valence electrons. The lowest BCUT2D eigenvalue weighted by Crippen LogP contribution is -2.11. The molecule has 0 saturated heterocycles. The lowest BCUT2D eigenvalue weighted by Gasteiger charge is -2.07. The van der Waals surface area contributed by atoms with Crippen LogP contribution in [0.1, 0.15) is 10.4 Å². The van der Waals surface area contributed by atoms with E-state index in [0.29, 0.717) is 17.1 Å². The Morgan fingerprint density at radius 2 is 1.71 bits per heavy atom. The highest BCUT2D eigenvalue weighted by Crippen LogP contribution is 2.18. The first-order chi connectivity index (χ1) is 8.16. The van der Waals surface area contributed by atoms with Crippen molar-refractivity contribution in [3.05, 3.63) is 54.1 Å². The number of carbonyl (C=O) groups is 1. The number of nitrogens with two attached hydrogens (primary N) is 2. The second-order valence-corrected chi connectivity index (χ2v) is 3.55. The van der Waals surface area contributed by atoms with Crippen molar-refractivity contribution in [2.24, 2.45) is 0 Å². The van der Waals surface area contributed by atoms with Gasteiger partial charge in [-0.2, -0.15) is 0 Å². The zero-order chi connectivity index (χ0) is 12.3. The summed E-state index contributed by atoms with van der Waals surface area (Å²) >= 11 is 0. The highest BCUT2D eigenvalue weighted by molar-refractivity contribution is 5.97. The molecule has 0 aliphatic rings. The Kier molecular flexibility index (Phi) is 2.96. The fourth-order valence-corrected chi connectivity index (χ4v) is 1.40. The first kappa shape index (κ1) is 11.0. The Morgan fingerprint density at radius 1 is 1.00 bits per heavy atom. The van der Waals surface area contributed by atoms with E-state index in [1.54, 1.807) is 36.4 Å². The standard InChI is InChI=1S/C13H12N2O2/c14-9-6-7-12(15)11(8-9)13(16)17-10-4-2-1-3-5-10/h1-8H,14-15H2. The molecular formula is C13H12N2O2. The highest BCUT2D eigenvalue weighted by Gasteiger charge is 2.12. The van der Waals surface area contributed by atoms with Gasteiger partial charge in [-0.15, -0.1) is 0 Å². The van der Waals surface area contributed by atoms with Crippen LogP contribution >= 0.6 is 0 Å². The number of ether oxygens (including phenoxy) is 1. The maximum atomic E-state index is 11.8. The van der Waals surface area contributed by atoms with Crippen LogP contribution in [0.2, 0.25) is 0 Å². The van der Waals surface area contributed by atoms with Gasteiger partial charge < -0.3 is 16.2 Å². The molecule has 2 rings (SSSR count). The lowest BCUT2D eigenvalue weighted by molar-refractivity contribution is 0.0736. The van der Waals surface area contributed by atoms with Crippen molar-refractivity contribution in [1.29, 1.82) is 0 Å². The fourth-order valence-electron chi connectivity index (χ4n) is 1.40. The van der Waals surface area contributed by atoms with E-state index in [2.05, 4.69) is 0 Å². The predicted molar refractivity (Wildman–Crippen MR) is 66.7 cm³/mol. The Balaban J connectivity index is 2.23. The van der Waals surface area contributed by atoms with Crippen molar-refractivity contribution in [2.75, 3.05) is 11.5 Å². The van der Waals surface area contributed by atoms with Crippen molar-refractivity contribution in [2.45, 2.75) is 0 Å². The van der Waals surface area contributed by atoms with Gasteiger partial charge in [-0.05, 0) is 30.3 Å². The SMILES string of the molecule is Nc1ccc(N)c(C(=O)Oc2ccccc2)c1. The summed E-state index contributed by atoms with van der Waals surface area (Å²) in [5.74, 6) is -0.0414. The third kappa shape index (κ3) is 2.55. The van der Waals surface area contributed by atoms with Gasteiger partial charge in [0.15, 0.2) is 0 Å². The Hall–Kier alpha value is -2.49. The molecule has 0 saturated carbocycles. The van der Waals surface area contributed by atoms with Gasteiger partial charge in [-0.1, -0.05) is 18.2 Å². The average Bonchev–Trinajstić information content (AvgIpc) is 2.33.